The highest BCUT2D eigenvalue weighted by molar-refractivity contribution is 9.10. The molecular weight excluding hydrogens is 466 g/mol. The Hall–Kier alpha value is -2.10. The Labute approximate surface area is 180 Å². The number of carbonyl (C=O) groups is 1. The number of aromatic nitrogens is 4. The molecule has 1 atom stereocenters. The Kier molecular flexibility index (Phi) is 6.93. The lowest BCUT2D eigenvalue weighted by Crippen LogP contribution is -2.15. The predicted octanol–water partition coefficient (Wildman–Crippen LogP) is 4.50. The third-order valence-corrected chi connectivity index (χ3v) is 5.39. The van der Waals surface area contributed by atoms with Crippen LogP contribution in [0.15, 0.2) is 52.2 Å². The van der Waals surface area contributed by atoms with Gasteiger partial charge in [0.1, 0.15) is 11.6 Å². The second kappa shape index (κ2) is 9.40. The number of anilines is 1. The van der Waals surface area contributed by atoms with Crippen molar-refractivity contribution in [3.63, 3.8) is 0 Å². The van der Waals surface area contributed by atoms with Crippen LogP contribution in [0.25, 0.3) is 0 Å². The van der Waals surface area contributed by atoms with E-state index >= 15 is 0 Å². The maximum Gasteiger partial charge on any atom is 0.236 e. The van der Waals surface area contributed by atoms with Crippen molar-refractivity contribution in [2.45, 2.75) is 18.2 Å². The van der Waals surface area contributed by atoms with E-state index in [1.54, 1.807) is 24.4 Å². The zero-order valence-electron chi connectivity index (χ0n) is 15.1. The highest BCUT2D eigenvalue weighted by Crippen LogP contribution is 2.25. The predicted molar refractivity (Wildman–Crippen MR) is 113 cm³/mol. The van der Waals surface area contributed by atoms with Gasteiger partial charge in [0.2, 0.25) is 5.91 Å². The molecule has 1 unspecified atom stereocenters. The molecule has 0 fully saturated rings. The molecule has 3 aromatic rings. The van der Waals surface area contributed by atoms with E-state index in [-0.39, 0.29) is 17.8 Å². The molecule has 7 nitrogen and oxygen atoms in total. The summed E-state index contributed by atoms with van der Waals surface area (Å²) in [4.78, 5) is 16.2. The van der Waals surface area contributed by atoms with E-state index in [2.05, 4.69) is 36.4 Å². The second-order valence-electron chi connectivity index (χ2n) is 5.82. The van der Waals surface area contributed by atoms with Gasteiger partial charge in [0.15, 0.2) is 17.1 Å². The molecular formula is C18H17BrClN5O2S. The van der Waals surface area contributed by atoms with Gasteiger partial charge in [0.25, 0.3) is 0 Å². The second-order valence-corrected chi connectivity index (χ2v) is 8.11. The average Bonchev–Trinajstić information content (AvgIpc) is 3.02. The standard InChI is InChI=1S/C18H17BrClN5O2S/c1-11(27-14-5-3-4-13(20)8-14)17-23-24-18(25(17)2)28-10-16(26)22-15-7-6-12(19)9-21-15/h3-9,11H,10H2,1-2H3,(H,21,22,26). The third-order valence-electron chi connectivity index (χ3n) is 3.67. The first kappa shape index (κ1) is 20.6. The molecule has 0 aliphatic heterocycles. The van der Waals surface area contributed by atoms with Crippen LogP contribution in [0.2, 0.25) is 5.02 Å². The topological polar surface area (TPSA) is 81.9 Å². The summed E-state index contributed by atoms with van der Waals surface area (Å²) in [6, 6.07) is 10.7. The molecule has 0 saturated carbocycles. The van der Waals surface area contributed by atoms with Crippen molar-refractivity contribution in [2.24, 2.45) is 7.05 Å². The Morgan fingerprint density at radius 3 is 2.89 bits per heavy atom. The first-order valence-corrected chi connectivity index (χ1v) is 10.4. The number of pyridine rings is 1. The summed E-state index contributed by atoms with van der Waals surface area (Å²) in [5.74, 6) is 1.81. The summed E-state index contributed by atoms with van der Waals surface area (Å²) >= 11 is 10.6. The summed E-state index contributed by atoms with van der Waals surface area (Å²) in [6.07, 6.45) is 1.30. The van der Waals surface area contributed by atoms with Gasteiger partial charge in [-0.1, -0.05) is 29.4 Å². The summed E-state index contributed by atoms with van der Waals surface area (Å²) in [5, 5.41) is 12.3. The monoisotopic (exact) mass is 481 g/mol. The van der Waals surface area contributed by atoms with Crippen molar-refractivity contribution in [1.29, 1.82) is 0 Å². The van der Waals surface area contributed by atoms with Gasteiger partial charge in [0, 0.05) is 22.7 Å². The molecule has 28 heavy (non-hydrogen) atoms. The molecule has 0 radical (unpaired) electrons. The number of carbonyl (C=O) groups excluding carboxylic acids is 1. The zero-order valence-corrected chi connectivity index (χ0v) is 18.3. The number of thioether (sulfide) groups is 1. The van der Waals surface area contributed by atoms with Crippen molar-refractivity contribution in [2.75, 3.05) is 11.1 Å². The number of benzene rings is 1. The van der Waals surface area contributed by atoms with E-state index in [1.807, 2.05) is 36.7 Å². The summed E-state index contributed by atoms with van der Waals surface area (Å²) in [7, 11) is 1.84. The van der Waals surface area contributed by atoms with Crippen LogP contribution in [-0.2, 0) is 11.8 Å². The van der Waals surface area contributed by atoms with Gasteiger partial charge in [-0.3, -0.25) is 4.79 Å². The number of nitrogens with zero attached hydrogens (tertiary/aromatic N) is 4. The Balaban J connectivity index is 1.57. The van der Waals surface area contributed by atoms with Gasteiger partial charge in [-0.15, -0.1) is 10.2 Å². The molecule has 1 amide bonds. The molecule has 146 valence electrons. The maximum atomic E-state index is 12.1. The minimum absolute atomic E-state index is 0.174. The number of hydrogen-bond donors (Lipinski definition) is 1. The molecule has 3 rings (SSSR count). The van der Waals surface area contributed by atoms with E-state index in [4.69, 9.17) is 16.3 Å². The molecule has 2 aromatic heterocycles. The van der Waals surface area contributed by atoms with Crippen LogP contribution in [-0.4, -0.2) is 31.4 Å². The van der Waals surface area contributed by atoms with Gasteiger partial charge in [-0.25, -0.2) is 4.98 Å². The fraction of sp³-hybridized carbons (Fsp3) is 0.222. The molecule has 0 aliphatic rings. The summed E-state index contributed by atoms with van der Waals surface area (Å²) < 4.78 is 8.54. The van der Waals surface area contributed by atoms with Gasteiger partial charge in [-0.2, -0.15) is 0 Å². The SMILES string of the molecule is CC(Oc1cccc(Cl)c1)c1nnc(SCC(=O)Nc2ccc(Br)cn2)n1C. The highest BCUT2D eigenvalue weighted by Gasteiger charge is 2.18. The number of amides is 1. The molecule has 0 spiro atoms. The van der Waals surface area contributed by atoms with Crippen LogP contribution in [0, 0.1) is 0 Å². The van der Waals surface area contributed by atoms with Gasteiger partial charge in [0.05, 0.1) is 5.75 Å². The zero-order chi connectivity index (χ0) is 20.1. The van der Waals surface area contributed by atoms with Crippen LogP contribution in [0.5, 0.6) is 5.75 Å². The number of halogens is 2. The van der Waals surface area contributed by atoms with E-state index in [0.717, 1.165) is 4.47 Å². The average molecular weight is 483 g/mol. The number of nitrogens with one attached hydrogen (secondary N) is 1. The number of rotatable bonds is 7. The van der Waals surface area contributed by atoms with Gasteiger partial charge >= 0.3 is 0 Å². The molecule has 0 aliphatic carbocycles. The normalized spacial score (nSPS) is 11.9. The molecule has 0 bridgehead atoms. The first-order valence-electron chi connectivity index (χ1n) is 8.28. The van der Waals surface area contributed by atoms with E-state index in [9.17, 15) is 4.79 Å². The quantitative estimate of drug-likeness (QED) is 0.499. The summed E-state index contributed by atoms with van der Waals surface area (Å²) in [5.41, 5.74) is 0. The van der Waals surface area contributed by atoms with E-state index < -0.39 is 0 Å². The van der Waals surface area contributed by atoms with E-state index in [1.165, 1.54) is 11.8 Å². The molecule has 1 aromatic carbocycles. The minimum atomic E-state index is -0.328. The molecule has 1 N–H and O–H groups in total. The molecule has 10 heteroatoms. The maximum absolute atomic E-state index is 12.1. The third kappa shape index (κ3) is 5.46. The molecule has 0 saturated heterocycles. The van der Waals surface area contributed by atoms with Gasteiger partial charge < -0.3 is 14.6 Å². The Bertz CT molecular complexity index is 967. The van der Waals surface area contributed by atoms with Crippen molar-refractivity contribution >= 4 is 51.0 Å². The molecule has 2 heterocycles. The lowest BCUT2D eigenvalue weighted by molar-refractivity contribution is -0.113. The fourth-order valence-electron chi connectivity index (χ4n) is 2.36. The van der Waals surface area contributed by atoms with Crippen molar-refractivity contribution in [3.8, 4) is 5.75 Å². The van der Waals surface area contributed by atoms with Crippen molar-refractivity contribution in [3.05, 3.63) is 57.9 Å². The first-order chi connectivity index (χ1) is 13.4. The van der Waals surface area contributed by atoms with Crippen LogP contribution < -0.4 is 10.1 Å². The lowest BCUT2D eigenvalue weighted by Gasteiger charge is -2.14. The van der Waals surface area contributed by atoms with Crippen molar-refractivity contribution < 1.29 is 9.53 Å². The van der Waals surface area contributed by atoms with E-state index in [0.29, 0.717) is 27.6 Å². The number of ether oxygens (including phenoxy) is 1. The van der Waals surface area contributed by atoms with Crippen LogP contribution in [0.4, 0.5) is 5.82 Å². The Morgan fingerprint density at radius 2 is 2.18 bits per heavy atom. The van der Waals surface area contributed by atoms with Crippen LogP contribution in [0.3, 0.4) is 0 Å². The van der Waals surface area contributed by atoms with Crippen LogP contribution >= 0.6 is 39.3 Å². The van der Waals surface area contributed by atoms with Crippen molar-refractivity contribution in [1.82, 2.24) is 19.7 Å². The van der Waals surface area contributed by atoms with Gasteiger partial charge in [-0.05, 0) is 53.2 Å². The summed E-state index contributed by atoms with van der Waals surface area (Å²) in [6.45, 7) is 1.88. The van der Waals surface area contributed by atoms with Crippen LogP contribution in [0.1, 0.15) is 18.9 Å². The lowest BCUT2D eigenvalue weighted by atomic mass is 10.3. The fourth-order valence-corrected chi connectivity index (χ4v) is 3.49. The highest BCUT2D eigenvalue weighted by atomic mass is 79.9. The number of hydrogen-bond acceptors (Lipinski definition) is 6. The largest absolute Gasteiger partial charge is 0.483 e. The smallest absolute Gasteiger partial charge is 0.236 e. The minimum Gasteiger partial charge on any atom is -0.483 e. The Morgan fingerprint density at radius 1 is 1.36 bits per heavy atom.